The summed E-state index contributed by atoms with van der Waals surface area (Å²) in [5.74, 6) is -1.03. The number of carboxylic acids is 2. The van der Waals surface area contributed by atoms with Gasteiger partial charge in [-0.25, -0.2) is 16.8 Å². The van der Waals surface area contributed by atoms with E-state index in [9.17, 15) is 35.5 Å². The summed E-state index contributed by atoms with van der Waals surface area (Å²) in [7, 11) is -8.70. The third kappa shape index (κ3) is 15.6. The molecule has 2 N–H and O–H groups in total. The van der Waals surface area contributed by atoms with Crippen LogP contribution in [0.25, 0.3) is 21.5 Å². The Bertz CT molecular complexity index is 2970. The van der Waals surface area contributed by atoms with Crippen molar-refractivity contribution in [3.8, 4) is 11.5 Å². The second-order valence-electron chi connectivity index (χ2n) is 19.3. The molecular weight excluding hydrogens is 968 g/mol. The van der Waals surface area contributed by atoms with Crippen LogP contribution in [-0.4, -0.2) is 96.2 Å². The molecule has 0 aliphatic carbocycles. The van der Waals surface area contributed by atoms with Gasteiger partial charge in [-0.3, -0.25) is 9.59 Å². The van der Waals surface area contributed by atoms with E-state index in [0.29, 0.717) is 52.0 Å². The van der Waals surface area contributed by atoms with Crippen LogP contribution < -0.4 is 43.9 Å². The van der Waals surface area contributed by atoms with E-state index in [0.717, 1.165) is 92.6 Å². The topological polar surface area (TPSA) is 214 Å². The Morgan fingerprint density at radius 3 is 1.71 bits per heavy atom. The number of aliphatic carboxylic acids is 2. The molecule has 2 aliphatic rings. The molecule has 14 nitrogen and oxygen atoms in total. The molecule has 0 amide bonds. The molecule has 4 aromatic carbocycles. The van der Waals surface area contributed by atoms with Gasteiger partial charge >= 0.3 is 41.5 Å². The van der Waals surface area contributed by atoms with Gasteiger partial charge in [-0.1, -0.05) is 62.4 Å². The van der Waals surface area contributed by atoms with Crippen LogP contribution >= 0.6 is 0 Å². The number of anilines is 1. The molecule has 0 radical (unpaired) electrons. The number of carbonyl (C=O) groups is 2. The van der Waals surface area contributed by atoms with Gasteiger partial charge in [-0.05, 0) is 141 Å². The summed E-state index contributed by atoms with van der Waals surface area (Å²) in [6, 6.07) is 20.4. The van der Waals surface area contributed by atoms with Crippen molar-refractivity contribution in [2.75, 3.05) is 42.7 Å². The van der Waals surface area contributed by atoms with Crippen LogP contribution in [0.5, 0.6) is 11.5 Å². The van der Waals surface area contributed by atoms with Crippen LogP contribution in [0.3, 0.4) is 0 Å². The first-order chi connectivity index (χ1) is 33.7. The molecule has 0 spiro atoms. The van der Waals surface area contributed by atoms with Crippen LogP contribution in [0.4, 0.5) is 11.4 Å². The molecule has 4 aromatic rings. The summed E-state index contributed by atoms with van der Waals surface area (Å²) >= 11 is 0. The Balaban J connectivity index is 0.00000963. The first kappa shape index (κ1) is 58.1. The van der Waals surface area contributed by atoms with Crippen molar-refractivity contribution in [2.45, 2.75) is 116 Å². The minimum absolute atomic E-state index is 0. The molecule has 0 saturated heterocycles. The summed E-state index contributed by atoms with van der Waals surface area (Å²) in [5, 5.41) is 22.1. The summed E-state index contributed by atoms with van der Waals surface area (Å²) in [5.41, 5.74) is 5.25. The zero-order valence-corrected chi connectivity index (χ0v) is 45.9. The smallest absolute Gasteiger partial charge is 0.748 e. The largest absolute Gasteiger partial charge is 1.00 e. The summed E-state index contributed by atoms with van der Waals surface area (Å²) < 4.78 is 83.3. The Morgan fingerprint density at radius 1 is 0.625 bits per heavy atom. The van der Waals surface area contributed by atoms with E-state index >= 15 is 0 Å². The maximum atomic E-state index is 11.5. The quantitative estimate of drug-likeness (QED) is 0.0187. The second-order valence-corrected chi connectivity index (χ2v) is 22.4. The van der Waals surface area contributed by atoms with E-state index in [2.05, 4.69) is 85.7 Å². The normalized spacial score (nSPS) is 15.9. The number of hydrogen-bond donors (Lipinski definition) is 2. The van der Waals surface area contributed by atoms with E-state index in [-0.39, 0.29) is 55.2 Å². The van der Waals surface area contributed by atoms with Crippen molar-refractivity contribution in [1.82, 2.24) is 0 Å². The molecule has 0 unspecified atom stereocenters. The molecule has 0 fully saturated rings. The van der Waals surface area contributed by atoms with Crippen LogP contribution in [0.15, 0.2) is 109 Å². The van der Waals surface area contributed by atoms with E-state index in [1.165, 1.54) is 0 Å². The van der Waals surface area contributed by atoms with Crippen molar-refractivity contribution in [1.29, 1.82) is 0 Å². The third-order valence-corrected chi connectivity index (χ3v) is 14.8. The van der Waals surface area contributed by atoms with Crippen molar-refractivity contribution >= 4 is 70.8 Å². The Morgan fingerprint density at radius 2 is 1.14 bits per heavy atom. The minimum atomic E-state index is -4.35. The average molecular weight is 1040 g/mol. The third-order valence-electron chi connectivity index (χ3n) is 13.2. The zero-order valence-electron chi connectivity index (χ0n) is 42.2. The Labute approximate surface area is 447 Å². The van der Waals surface area contributed by atoms with Gasteiger partial charge in [0, 0.05) is 71.8 Å². The molecular formula is C55H67N2NaO12S2. The van der Waals surface area contributed by atoms with Gasteiger partial charge in [0.05, 0.1) is 38.9 Å². The number of fused-ring (bicyclic) bond motifs is 6. The van der Waals surface area contributed by atoms with Crippen LogP contribution in [0.1, 0.15) is 116 Å². The Kier molecular flexibility index (Phi) is 20.9. The minimum Gasteiger partial charge on any atom is -0.748 e. The molecule has 0 saturated carbocycles. The molecule has 2 aliphatic heterocycles. The van der Waals surface area contributed by atoms with Gasteiger partial charge in [-0.2, -0.15) is 4.58 Å². The SMILES string of the molecule is CC1(C)C(/C=C/C=C/C=C/C=C2/N(CCCCS(=O)(=O)[O-])c3ccc4ccc(OCCCCCC(=O)O)cc4c3C2(C)C)=[N+](CCCCS(=O)(=O)[O-])c2ccc3ccc(OCCCCCC(=O)O)cc3c21.[Na+]. The second kappa shape index (κ2) is 25.9. The predicted octanol–water partition coefficient (Wildman–Crippen LogP) is 7.42. The zero-order chi connectivity index (χ0) is 51.4. The monoisotopic (exact) mass is 1030 g/mol. The van der Waals surface area contributed by atoms with Gasteiger partial charge < -0.3 is 33.7 Å². The van der Waals surface area contributed by atoms with Crippen molar-refractivity contribution in [3.63, 3.8) is 0 Å². The van der Waals surface area contributed by atoms with Crippen LogP contribution in [-0.2, 0) is 40.7 Å². The van der Waals surface area contributed by atoms with Gasteiger partial charge in [0.15, 0.2) is 5.71 Å². The van der Waals surface area contributed by atoms with Gasteiger partial charge in [0.1, 0.15) is 18.0 Å². The fourth-order valence-electron chi connectivity index (χ4n) is 9.86. The Hall–Kier alpha value is -4.81. The van der Waals surface area contributed by atoms with Crippen molar-refractivity contribution in [3.05, 3.63) is 120 Å². The summed E-state index contributed by atoms with van der Waals surface area (Å²) in [6.45, 7) is 10.6. The number of nitrogens with zero attached hydrogens (tertiary/aromatic N) is 2. The molecule has 6 rings (SSSR count). The number of ether oxygens (including phenoxy) is 2. The van der Waals surface area contributed by atoms with Crippen molar-refractivity contribution < 1.29 is 89.3 Å². The molecule has 0 bridgehead atoms. The predicted molar refractivity (Wildman–Crippen MR) is 277 cm³/mol. The van der Waals surface area contributed by atoms with Gasteiger partial charge in [0.25, 0.3) is 0 Å². The summed E-state index contributed by atoms with van der Waals surface area (Å²) in [4.78, 5) is 24.0. The van der Waals surface area contributed by atoms with Crippen molar-refractivity contribution in [2.24, 2.45) is 0 Å². The van der Waals surface area contributed by atoms with Gasteiger partial charge in [-0.15, -0.1) is 0 Å². The maximum Gasteiger partial charge on any atom is 1.00 e. The average Bonchev–Trinajstić information content (AvgIpc) is 3.65. The number of allylic oxidation sites excluding steroid dienone is 8. The van der Waals surface area contributed by atoms with Crippen LogP contribution in [0, 0.1) is 0 Å². The summed E-state index contributed by atoms with van der Waals surface area (Å²) in [6.07, 6.45) is 19.8. The number of benzene rings is 4. The number of unbranched alkanes of at least 4 members (excludes halogenated alkanes) is 6. The first-order valence-electron chi connectivity index (χ1n) is 24.5. The first-order valence-corrected chi connectivity index (χ1v) is 27.7. The fourth-order valence-corrected chi connectivity index (χ4v) is 11.0. The number of carboxylic acid groups (broad SMARTS) is 2. The molecule has 2 heterocycles. The molecule has 72 heavy (non-hydrogen) atoms. The standard InChI is InChI=1S/C55H68N2O12S2.Na/c1-54(2)48(56(32-14-18-36-70(62,63)64)46-30-26-40-24-28-42(38-44(40)52(46)54)68-34-16-8-12-22-50(58)59)20-10-6-5-7-11-21-49-55(3,4)53-45-39-43(69-35-17-9-13-23-51(60)61)29-25-41(45)27-31-47(53)57(49)33-15-19-37-71(65,66)67;/h5-7,10-11,20-21,24-31,38-39H,8-9,12-19,22-23,32-37H2,1-4H3,(H3-,58,59,60,61,62,63,64,65,66,67);/q;+1/p-1. The maximum absolute atomic E-state index is 11.5. The van der Waals surface area contributed by atoms with E-state index in [1.807, 2.05) is 54.6 Å². The molecule has 0 atom stereocenters. The number of rotatable bonds is 28. The van der Waals surface area contributed by atoms with E-state index in [4.69, 9.17) is 19.7 Å². The van der Waals surface area contributed by atoms with Crippen LogP contribution in [0.2, 0.25) is 0 Å². The molecule has 17 heteroatoms. The number of hydrogen-bond acceptors (Lipinski definition) is 11. The molecule has 382 valence electrons. The fraction of sp³-hybridized carbons (Fsp3) is 0.436. The van der Waals surface area contributed by atoms with E-state index in [1.54, 1.807) is 0 Å². The van der Waals surface area contributed by atoms with Gasteiger partial charge in [0.2, 0.25) is 5.69 Å². The molecule has 0 aromatic heterocycles. The van der Waals surface area contributed by atoms with E-state index < -0.39 is 54.5 Å².